The van der Waals surface area contributed by atoms with E-state index in [0.717, 1.165) is 45.2 Å². The number of aromatic nitrogens is 3. The number of rotatable bonds is 3. The number of pyridine rings is 1. The molecular weight excluding hydrogens is 376 g/mol. The molecule has 0 amide bonds. The lowest BCUT2D eigenvalue weighted by Gasteiger charge is -2.37. The lowest BCUT2D eigenvalue weighted by atomic mass is 10.1. The van der Waals surface area contributed by atoms with E-state index in [2.05, 4.69) is 40.8 Å². The number of H-pyrrole nitrogens is 1. The van der Waals surface area contributed by atoms with E-state index in [0.29, 0.717) is 6.61 Å². The molecule has 1 atom stereocenters. The standard InChI is InChI=1S/C24H24N4O2/c1-14-7-10-21(25-11-14)28-17(12-29)13-30-23-18(5-4-6-20(23)28)24-26-19-9-8-15(2)16(3)22(19)27-24/h4-11,17,29H,12-13H2,1-3H3,(H,26,27)/t17-/m0/s1. The van der Waals surface area contributed by atoms with Crippen LogP contribution in [-0.4, -0.2) is 39.3 Å². The van der Waals surface area contributed by atoms with Gasteiger partial charge in [-0.3, -0.25) is 0 Å². The summed E-state index contributed by atoms with van der Waals surface area (Å²) in [4.78, 5) is 15.0. The van der Waals surface area contributed by atoms with Crippen molar-refractivity contribution in [1.29, 1.82) is 0 Å². The number of fused-ring (bicyclic) bond motifs is 2. The highest BCUT2D eigenvalue weighted by atomic mass is 16.5. The number of benzene rings is 2. The highest BCUT2D eigenvalue weighted by Gasteiger charge is 2.31. The van der Waals surface area contributed by atoms with Crippen molar-refractivity contribution in [3.8, 4) is 17.1 Å². The molecule has 1 aliphatic heterocycles. The number of aromatic amines is 1. The monoisotopic (exact) mass is 400 g/mol. The van der Waals surface area contributed by atoms with Crippen LogP contribution in [0.3, 0.4) is 0 Å². The van der Waals surface area contributed by atoms with Gasteiger partial charge in [0, 0.05) is 6.20 Å². The third-order valence-electron chi connectivity index (χ3n) is 5.83. The van der Waals surface area contributed by atoms with Gasteiger partial charge in [0.05, 0.1) is 34.9 Å². The van der Waals surface area contributed by atoms with Crippen molar-refractivity contribution >= 4 is 22.5 Å². The van der Waals surface area contributed by atoms with Crippen LogP contribution in [0.4, 0.5) is 11.5 Å². The van der Waals surface area contributed by atoms with Crippen molar-refractivity contribution in [3.05, 3.63) is 65.4 Å². The minimum Gasteiger partial charge on any atom is -0.488 e. The number of aliphatic hydroxyl groups is 1. The first-order valence-corrected chi connectivity index (χ1v) is 10.1. The number of aryl methyl sites for hydroxylation is 3. The Balaban J connectivity index is 1.66. The van der Waals surface area contributed by atoms with Gasteiger partial charge in [0.2, 0.25) is 0 Å². The Morgan fingerprint density at radius 1 is 1.13 bits per heavy atom. The average Bonchev–Trinajstić information content (AvgIpc) is 3.20. The highest BCUT2D eigenvalue weighted by molar-refractivity contribution is 5.86. The SMILES string of the molecule is Cc1ccc(N2c3cccc(-c4nc5c(C)c(C)ccc5[nH]4)c3OC[C@@H]2CO)nc1. The second-order valence-corrected chi connectivity index (χ2v) is 7.85. The largest absolute Gasteiger partial charge is 0.488 e. The minimum atomic E-state index is -0.205. The van der Waals surface area contributed by atoms with Gasteiger partial charge in [0.15, 0.2) is 5.75 Å². The van der Waals surface area contributed by atoms with E-state index in [1.807, 2.05) is 43.5 Å². The van der Waals surface area contributed by atoms with Crippen molar-refractivity contribution in [1.82, 2.24) is 15.0 Å². The van der Waals surface area contributed by atoms with E-state index in [-0.39, 0.29) is 12.6 Å². The number of hydrogen-bond donors (Lipinski definition) is 2. The Bertz CT molecular complexity index is 1230. The Morgan fingerprint density at radius 3 is 2.77 bits per heavy atom. The van der Waals surface area contributed by atoms with Crippen LogP contribution in [0.1, 0.15) is 16.7 Å². The van der Waals surface area contributed by atoms with Crippen LogP contribution in [-0.2, 0) is 0 Å². The number of nitrogens with zero attached hydrogens (tertiary/aromatic N) is 3. The van der Waals surface area contributed by atoms with Crippen molar-refractivity contribution in [2.45, 2.75) is 26.8 Å². The van der Waals surface area contributed by atoms with Crippen LogP contribution in [0, 0.1) is 20.8 Å². The van der Waals surface area contributed by atoms with Gasteiger partial charge in [0.1, 0.15) is 18.2 Å². The fourth-order valence-electron chi connectivity index (χ4n) is 3.99. The molecule has 1 aliphatic rings. The number of aliphatic hydroxyl groups excluding tert-OH is 1. The van der Waals surface area contributed by atoms with Gasteiger partial charge in [-0.2, -0.15) is 0 Å². The van der Waals surface area contributed by atoms with E-state index in [1.165, 1.54) is 11.1 Å². The van der Waals surface area contributed by atoms with Crippen LogP contribution in [0.25, 0.3) is 22.4 Å². The highest BCUT2D eigenvalue weighted by Crippen LogP contribution is 2.44. The van der Waals surface area contributed by atoms with E-state index < -0.39 is 0 Å². The molecule has 0 aliphatic carbocycles. The number of anilines is 2. The zero-order chi connectivity index (χ0) is 20.8. The van der Waals surface area contributed by atoms with Gasteiger partial charge < -0.3 is 19.7 Å². The Hall–Kier alpha value is -3.38. The van der Waals surface area contributed by atoms with Crippen LogP contribution in [0.2, 0.25) is 0 Å². The van der Waals surface area contributed by atoms with Crippen molar-refractivity contribution in [2.75, 3.05) is 18.1 Å². The summed E-state index contributed by atoms with van der Waals surface area (Å²) in [6.07, 6.45) is 1.84. The molecule has 0 bridgehead atoms. The van der Waals surface area contributed by atoms with E-state index in [1.54, 1.807) is 0 Å². The van der Waals surface area contributed by atoms with Gasteiger partial charge >= 0.3 is 0 Å². The molecule has 152 valence electrons. The van der Waals surface area contributed by atoms with Crippen LogP contribution >= 0.6 is 0 Å². The fraction of sp³-hybridized carbons (Fsp3) is 0.250. The second-order valence-electron chi connectivity index (χ2n) is 7.85. The Labute approximate surface area is 175 Å². The van der Waals surface area contributed by atoms with Gasteiger partial charge in [0.25, 0.3) is 0 Å². The van der Waals surface area contributed by atoms with E-state index in [9.17, 15) is 5.11 Å². The molecule has 0 spiro atoms. The van der Waals surface area contributed by atoms with Crippen molar-refractivity contribution in [2.24, 2.45) is 0 Å². The fourth-order valence-corrected chi connectivity index (χ4v) is 3.99. The molecule has 0 saturated carbocycles. The number of nitrogens with one attached hydrogen (secondary N) is 1. The third kappa shape index (κ3) is 2.92. The summed E-state index contributed by atoms with van der Waals surface area (Å²) in [6.45, 7) is 6.54. The van der Waals surface area contributed by atoms with Crippen LogP contribution < -0.4 is 9.64 Å². The predicted octanol–water partition coefficient (Wildman–Crippen LogP) is 4.44. The maximum atomic E-state index is 9.97. The zero-order valence-electron chi connectivity index (χ0n) is 17.3. The smallest absolute Gasteiger partial charge is 0.154 e. The topological polar surface area (TPSA) is 74.3 Å². The molecule has 0 saturated heterocycles. The van der Waals surface area contributed by atoms with Gasteiger partial charge in [-0.15, -0.1) is 0 Å². The molecule has 2 aromatic carbocycles. The maximum absolute atomic E-state index is 9.97. The molecule has 3 heterocycles. The molecule has 0 unspecified atom stereocenters. The average molecular weight is 400 g/mol. The molecule has 5 rings (SSSR count). The number of ether oxygens (including phenoxy) is 1. The molecule has 0 fully saturated rings. The summed E-state index contributed by atoms with van der Waals surface area (Å²) >= 11 is 0. The lowest BCUT2D eigenvalue weighted by molar-refractivity contribution is 0.195. The van der Waals surface area contributed by atoms with E-state index in [4.69, 9.17) is 9.72 Å². The minimum absolute atomic E-state index is 0.0255. The summed E-state index contributed by atoms with van der Waals surface area (Å²) in [5.41, 5.74) is 7.24. The van der Waals surface area contributed by atoms with Crippen LogP contribution in [0.5, 0.6) is 5.75 Å². The number of hydrogen-bond acceptors (Lipinski definition) is 5. The van der Waals surface area contributed by atoms with Crippen LogP contribution in [0.15, 0.2) is 48.7 Å². The van der Waals surface area contributed by atoms with E-state index >= 15 is 0 Å². The Kier molecular flexibility index (Phi) is 4.44. The Morgan fingerprint density at radius 2 is 2.00 bits per heavy atom. The molecule has 6 nitrogen and oxygen atoms in total. The van der Waals surface area contributed by atoms with Gasteiger partial charge in [-0.25, -0.2) is 9.97 Å². The first kappa shape index (κ1) is 18.6. The molecular formula is C24H24N4O2. The molecule has 0 radical (unpaired) electrons. The normalized spacial score (nSPS) is 15.9. The van der Waals surface area contributed by atoms with Gasteiger partial charge in [-0.1, -0.05) is 18.2 Å². The molecule has 6 heteroatoms. The predicted molar refractivity (Wildman–Crippen MR) is 118 cm³/mol. The maximum Gasteiger partial charge on any atom is 0.154 e. The summed E-state index contributed by atoms with van der Waals surface area (Å²) in [6, 6.07) is 14.0. The second kappa shape index (κ2) is 7.15. The first-order chi connectivity index (χ1) is 14.6. The summed E-state index contributed by atoms with van der Waals surface area (Å²) in [7, 11) is 0. The summed E-state index contributed by atoms with van der Waals surface area (Å²) in [5.74, 6) is 2.31. The van der Waals surface area contributed by atoms with Gasteiger partial charge in [-0.05, 0) is 61.7 Å². The first-order valence-electron chi connectivity index (χ1n) is 10.1. The molecule has 4 aromatic rings. The molecule has 2 N–H and O–H groups in total. The molecule has 2 aromatic heterocycles. The number of imidazole rings is 1. The quantitative estimate of drug-likeness (QED) is 0.532. The molecule has 30 heavy (non-hydrogen) atoms. The summed E-state index contributed by atoms with van der Waals surface area (Å²) in [5, 5.41) is 9.97. The zero-order valence-corrected chi connectivity index (χ0v) is 17.3. The third-order valence-corrected chi connectivity index (χ3v) is 5.83. The lowest BCUT2D eigenvalue weighted by Crippen LogP contribution is -2.43. The summed E-state index contributed by atoms with van der Waals surface area (Å²) < 4.78 is 6.15. The van der Waals surface area contributed by atoms with Crippen molar-refractivity contribution < 1.29 is 9.84 Å². The van der Waals surface area contributed by atoms with Crippen molar-refractivity contribution in [3.63, 3.8) is 0 Å². The number of para-hydroxylation sites is 1.